The minimum Gasteiger partial charge on any atom is -0.207 e. The average molecular weight is 232 g/mol. The largest absolute Gasteiger partial charge is 0.416 e. The van der Waals surface area contributed by atoms with E-state index in [0.29, 0.717) is 6.07 Å². The molecule has 0 amide bonds. The van der Waals surface area contributed by atoms with E-state index in [0.717, 1.165) is 12.1 Å². The van der Waals surface area contributed by atoms with Crippen molar-refractivity contribution in [2.45, 2.75) is 13.1 Å². The Hall–Kier alpha value is -1.58. The van der Waals surface area contributed by atoms with E-state index in [-0.39, 0.29) is 5.56 Å². The zero-order chi connectivity index (χ0) is 12.8. The molecule has 0 N–H and O–H groups in total. The lowest BCUT2D eigenvalue weighted by Crippen LogP contribution is -2.05. The van der Waals surface area contributed by atoms with E-state index in [2.05, 4.69) is 13.2 Å². The van der Waals surface area contributed by atoms with Crippen LogP contribution in [0.1, 0.15) is 11.1 Å². The van der Waals surface area contributed by atoms with Gasteiger partial charge in [0, 0.05) is 0 Å². The minimum atomic E-state index is -4.47. The molecular weight excluding hydrogens is 220 g/mol. The highest BCUT2D eigenvalue weighted by Gasteiger charge is 2.30. The van der Waals surface area contributed by atoms with Crippen molar-refractivity contribution >= 4 is 0 Å². The summed E-state index contributed by atoms with van der Waals surface area (Å²) in [6.07, 6.45) is -1.19. The summed E-state index contributed by atoms with van der Waals surface area (Å²) in [5.74, 6) is -0.859. The van der Waals surface area contributed by atoms with Crippen molar-refractivity contribution in [1.29, 1.82) is 0 Å². The smallest absolute Gasteiger partial charge is 0.207 e. The molecule has 0 fully saturated rings. The molecule has 1 rings (SSSR count). The highest BCUT2D eigenvalue weighted by molar-refractivity contribution is 5.25. The summed E-state index contributed by atoms with van der Waals surface area (Å²) in [7, 11) is 0. The summed E-state index contributed by atoms with van der Waals surface area (Å²) in [4.78, 5) is 0. The Morgan fingerprint density at radius 2 is 1.56 bits per heavy atom. The second-order valence-electron chi connectivity index (χ2n) is 2.99. The monoisotopic (exact) mass is 232 g/mol. The minimum absolute atomic E-state index is 0.266. The molecule has 0 aliphatic heterocycles. The molecule has 0 bridgehead atoms. The van der Waals surface area contributed by atoms with Crippen LogP contribution in [0.25, 0.3) is 0 Å². The molecule has 16 heavy (non-hydrogen) atoms. The van der Waals surface area contributed by atoms with Crippen LogP contribution < -0.4 is 0 Å². The number of allylic oxidation sites excluding steroid dienone is 2. The number of rotatable bonds is 1. The average Bonchev–Trinajstić information content (AvgIpc) is 2.15. The molecule has 88 valence electrons. The Balaban J connectivity index is 0.000000487. The maximum atomic E-state index is 12.5. The van der Waals surface area contributed by atoms with Crippen LogP contribution >= 0.6 is 0 Å². The molecular formula is C12H12F4. The topological polar surface area (TPSA) is 0 Å². The predicted octanol–water partition coefficient (Wildman–Crippen LogP) is 4.51. The third-order valence-electron chi connectivity index (χ3n) is 1.54. The molecule has 1 aromatic carbocycles. The van der Waals surface area contributed by atoms with Crippen LogP contribution in [-0.2, 0) is 6.18 Å². The first-order chi connectivity index (χ1) is 7.31. The van der Waals surface area contributed by atoms with Crippen molar-refractivity contribution in [3.05, 3.63) is 60.5 Å². The molecule has 0 nitrogen and oxygen atoms in total. The van der Waals surface area contributed by atoms with Gasteiger partial charge in [-0.2, -0.15) is 13.2 Å². The molecule has 0 saturated heterocycles. The molecule has 0 heterocycles. The van der Waals surface area contributed by atoms with Gasteiger partial charge < -0.3 is 0 Å². The number of halogens is 4. The summed E-state index contributed by atoms with van der Waals surface area (Å²) in [6.45, 7) is 8.14. The van der Waals surface area contributed by atoms with Gasteiger partial charge in [-0.05, 0) is 30.7 Å². The second kappa shape index (κ2) is 6.10. The van der Waals surface area contributed by atoms with Gasteiger partial charge in [0.1, 0.15) is 5.82 Å². The Labute approximate surface area is 91.9 Å². The quantitative estimate of drug-likeness (QED) is 0.493. The van der Waals surface area contributed by atoms with Crippen molar-refractivity contribution in [3.63, 3.8) is 0 Å². The molecule has 0 atom stereocenters. The van der Waals surface area contributed by atoms with Gasteiger partial charge in [0.2, 0.25) is 0 Å². The lowest BCUT2D eigenvalue weighted by Gasteiger charge is -2.06. The molecule has 0 aliphatic carbocycles. The molecule has 1 aromatic rings. The highest BCUT2D eigenvalue weighted by Crippen LogP contribution is 2.30. The molecule has 4 heteroatoms. The zero-order valence-electron chi connectivity index (χ0n) is 8.81. The zero-order valence-corrected chi connectivity index (χ0v) is 8.81. The fraction of sp³-hybridized carbons (Fsp3) is 0.167. The van der Waals surface area contributed by atoms with Crippen LogP contribution in [0.5, 0.6) is 0 Å². The summed E-state index contributed by atoms with van der Waals surface area (Å²) >= 11 is 0. The van der Waals surface area contributed by atoms with Crippen LogP contribution in [0.3, 0.4) is 0 Å². The summed E-state index contributed by atoms with van der Waals surface area (Å²) in [5.41, 5.74) is -0.678. The van der Waals surface area contributed by atoms with Crippen molar-refractivity contribution in [3.8, 4) is 0 Å². The standard InChI is InChI=1S/C8H6F4.C4H6/c1-5-2-6(8(10,11)12)4-7(9)3-5;1-3-4-2/h2-4H,1H3;3-4H,1-2H2. The van der Waals surface area contributed by atoms with Crippen molar-refractivity contribution in [2.24, 2.45) is 0 Å². The Morgan fingerprint density at radius 3 is 1.88 bits per heavy atom. The Bertz CT molecular complexity index is 338. The number of hydrogen-bond acceptors (Lipinski definition) is 0. The fourth-order valence-corrected chi connectivity index (χ4v) is 0.900. The normalized spacial score (nSPS) is 10.1. The van der Waals surface area contributed by atoms with Crippen LogP contribution in [0, 0.1) is 12.7 Å². The molecule has 0 unspecified atom stereocenters. The summed E-state index contributed by atoms with van der Waals surface area (Å²) in [6, 6.07) is 2.44. The van der Waals surface area contributed by atoms with Crippen LogP contribution in [0.15, 0.2) is 43.5 Å². The SMILES string of the molecule is C=CC=C.Cc1cc(F)cc(C(F)(F)F)c1. The lowest BCUT2D eigenvalue weighted by atomic mass is 10.1. The van der Waals surface area contributed by atoms with Crippen molar-refractivity contribution in [1.82, 2.24) is 0 Å². The summed E-state index contributed by atoms with van der Waals surface area (Å²) in [5, 5.41) is 0. The first kappa shape index (κ1) is 14.4. The van der Waals surface area contributed by atoms with Gasteiger partial charge in [-0.25, -0.2) is 4.39 Å². The van der Waals surface area contributed by atoms with E-state index >= 15 is 0 Å². The Kier molecular flexibility index (Phi) is 5.50. The van der Waals surface area contributed by atoms with Gasteiger partial charge in [-0.3, -0.25) is 0 Å². The van der Waals surface area contributed by atoms with E-state index in [1.807, 2.05) is 0 Å². The van der Waals surface area contributed by atoms with Gasteiger partial charge in [-0.15, -0.1) is 0 Å². The highest BCUT2D eigenvalue weighted by atomic mass is 19.4. The first-order valence-electron chi connectivity index (χ1n) is 4.39. The van der Waals surface area contributed by atoms with Crippen LogP contribution in [-0.4, -0.2) is 0 Å². The maximum absolute atomic E-state index is 12.5. The third-order valence-corrected chi connectivity index (χ3v) is 1.54. The number of aryl methyl sites for hydroxylation is 1. The van der Waals surface area contributed by atoms with E-state index in [9.17, 15) is 17.6 Å². The number of hydrogen-bond donors (Lipinski definition) is 0. The van der Waals surface area contributed by atoms with E-state index in [1.165, 1.54) is 6.92 Å². The predicted molar refractivity (Wildman–Crippen MR) is 56.5 cm³/mol. The van der Waals surface area contributed by atoms with Gasteiger partial charge in [0.15, 0.2) is 0 Å². The second-order valence-corrected chi connectivity index (χ2v) is 2.99. The van der Waals surface area contributed by atoms with E-state index in [4.69, 9.17) is 0 Å². The van der Waals surface area contributed by atoms with Gasteiger partial charge in [-0.1, -0.05) is 25.3 Å². The van der Waals surface area contributed by atoms with Gasteiger partial charge in [0.25, 0.3) is 0 Å². The van der Waals surface area contributed by atoms with Crippen LogP contribution in [0.2, 0.25) is 0 Å². The molecule has 0 spiro atoms. The number of benzene rings is 1. The lowest BCUT2D eigenvalue weighted by molar-refractivity contribution is -0.137. The molecule has 0 radical (unpaired) electrons. The van der Waals surface area contributed by atoms with E-state index in [1.54, 1.807) is 12.2 Å². The fourth-order valence-electron chi connectivity index (χ4n) is 0.900. The number of alkyl halides is 3. The molecule has 0 aliphatic rings. The third kappa shape index (κ3) is 5.34. The van der Waals surface area contributed by atoms with Crippen molar-refractivity contribution < 1.29 is 17.6 Å². The molecule has 0 aromatic heterocycles. The van der Waals surface area contributed by atoms with Crippen LogP contribution in [0.4, 0.5) is 17.6 Å². The Morgan fingerprint density at radius 1 is 1.06 bits per heavy atom. The van der Waals surface area contributed by atoms with Crippen molar-refractivity contribution in [2.75, 3.05) is 0 Å². The van der Waals surface area contributed by atoms with Gasteiger partial charge >= 0.3 is 6.18 Å². The first-order valence-corrected chi connectivity index (χ1v) is 4.39. The maximum Gasteiger partial charge on any atom is 0.416 e. The molecule has 0 saturated carbocycles. The van der Waals surface area contributed by atoms with Gasteiger partial charge in [0.05, 0.1) is 5.56 Å². The van der Waals surface area contributed by atoms with E-state index < -0.39 is 17.6 Å². The summed E-state index contributed by atoms with van der Waals surface area (Å²) < 4.78 is 48.4.